The Bertz CT molecular complexity index is 347. The van der Waals surface area contributed by atoms with Crippen molar-refractivity contribution >= 4 is 22.0 Å². The minimum absolute atomic E-state index is 0.277. The zero-order valence-electron chi connectivity index (χ0n) is 8.18. The first kappa shape index (κ1) is 11.2. The average Bonchev–Trinajstić information content (AvgIpc) is 2.18. The van der Waals surface area contributed by atoms with E-state index < -0.39 is 0 Å². The highest BCUT2D eigenvalue weighted by atomic mass is 79.9. The van der Waals surface area contributed by atoms with E-state index in [0.29, 0.717) is 0 Å². The molecule has 76 valence electrons. The van der Waals surface area contributed by atoms with Crippen molar-refractivity contribution in [1.29, 1.82) is 0 Å². The molecule has 3 heteroatoms. The highest BCUT2D eigenvalue weighted by Gasteiger charge is 2.01. The van der Waals surface area contributed by atoms with Gasteiger partial charge < -0.3 is 4.74 Å². The van der Waals surface area contributed by atoms with Crippen molar-refractivity contribution in [2.45, 2.75) is 6.92 Å². The lowest BCUT2D eigenvalue weighted by molar-refractivity contribution is 0.386. The standard InChI is InChI=1S/C11H12BrFO/c1-8(7-12)5-9-3-4-11(14-2)10(13)6-9/h3-6H,7H2,1-2H3/b8-5-. The van der Waals surface area contributed by atoms with Crippen LogP contribution in [0.15, 0.2) is 23.8 Å². The van der Waals surface area contributed by atoms with E-state index in [1.165, 1.54) is 13.2 Å². The summed E-state index contributed by atoms with van der Waals surface area (Å²) in [5.41, 5.74) is 2.00. The predicted molar refractivity (Wildman–Crippen MR) is 60.4 cm³/mol. The number of benzene rings is 1. The van der Waals surface area contributed by atoms with Crippen LogP contribution in [0.2, 0.25) is 0 Å². The maximum absolute atomic E-state index is 13.2. The molecule has 0 atom stereocenters. The second-order valence-corrected chi connectivity index (χ2v) is 3.58. The minimum atomic E-state index is -0.330. The largest absolute Gasteiger partial charge is 0.494 e. The molecule has 0 amide bonds. The van der Waals surface area contributed by atoms with E-state index in [1.54, 1.807) is 6.07 Å². The van der Waals surface area contributed by atoms with Gasteiger partial charge in [0.25, 0.3) is 0 Å². The first-order valence-corrected chi connectivity index (χ1v) is 5.36. The topological polar surface area (TPSA) is 9.23 Å². The van der Waals surface area contributed by atoms with E-state index in [4.69, 9.17) is 4.74 Å². The van der Waals surface area contributed by atoms with Gasteiger partial charge in [0.2, 0.25) is 0 Å². The van der Waals surface area contributed by atoms with Gasteiger partial charge in [0.05, 0.1) is 7.11 Å². The van der Waals surface area contributed by atoms with E-state index in [1.807, 2.05) is 19.1 Å². The quantitative estimate of drug-likeness (QED) is 0.753. The van der Waals surface area contributed by atoms with Gasteiger partial charge in [0.1, 0.15) is 0 Å². The molecular formula is C11H12BrFO. The summed E-state index contributed by atoms with van der Waals surface area (Å²) in [6.07, 6.45) is 1.93. The lowest BCUT2D eigenvalue weighted by atomic mass is 10.1. The molecule has 1 rings (SSSR count). The van der Waals surface area contributed by atoms with Crippen LogP contribution in [0.1, 0.15) is 12.5 Å². The molecule has 0 aromatic heterocycles. The Morgan fingerprint density at radius 2 is 2.29 bits per heavy atom. The number of alkyl halides is 1. The van der Waals surface area contributed by atoms with Gasteiger partial charge in [-0.25, -0.2) is 4.39 Å². The third-order valence-electron chi connectivity index (χ3n) is 1.80. The number of ether oxygens (including phenoxy) is 1. The third-order valence-corrected chi connectivity index (χ3v) is 2.68. The molecule has 0 radical (unpaired) electrons. The normalized spacial score (nSPS) is 11.6. The molecular weight excluding hydrogens is 247 g/mol. The Morgan fingerprint density at radius 3 is 2.79 bits per heavy atom. The van der Waals surface area contributed by atoms with E-state index in [2.05, 4.69) is 15.9 Å². The monoisotopic (exact) mass is 258 g/mol. The fourth-order valence-corrected chi connectivity index (χ4v) is 1.26. The average molecular weight is 259 g/mol. The molecule has 1 aromatic carbocycles. The van der Waals surface area contributed by atoms with E-state index in [9.17, 15) is 4.39 Å². The fourth-order valence-electron chi connectivity index (χ4n) is 1.10. The Labute approximate surface area is 91.7 Å². The van der Waals surface area contributed by atoms with E-state index in [-0.39, 0.29) is 11.6 Å². The van der Waals surface area contributed by atoms with Crippen LogP contribution in [-0.4, -0.2) is 12.4 Å². The summed E-state index contributed by atoms with van der Waals surface area (Å²) in [5.74, 6) is -0.0535. The van der Waals surface area contributed by atoms with E-state index in [0.717, 1.165) is 16.5 Å². The van der Waals surface area contributed by atoms with Crippen molar-refractivity contribution < 1.29 is 9.13 Å². The van der Waals surface area contributed by atoms with Gasteiger partial charge >= 0.3 is 0 Å². The number of hydrogen-bond acceptors (Lipinski definition) is 1. The van der Waals surface area contributed by atoms with E-state index >= 15 is 0 Å². The molecule has 1 aromatic rings. The van der Waals surface area contributed by atoms with Gasteiger partial charge in [-0.15, -0.1) is 0 Å². The molecule has 0 bridgehead atoms. The molecule has 0 saturated carbocycles. The first-order valence-electron chi connectivity index (χ1n) is 4.24. The molecule has 0 aliphatic carbocycles. The van der Waals surface area contributed by atoms with Gasteiger partial charge in [-0.05, 0) is 24.6 Å². The smallest absolute Gasteiger partial charge is 0.165 e. The van der Waals surface area contributed by atoms with Crippen molar-refractivity contribution in [3.05, 3.63) is 35.2 Å². The predicted octanol–water partition coefficient (Wildman–Crippen LogP) is 3.63. The van der Waals surface area contributed by atoms with Gasteiger partial charge in [0.15, 0.2) is 11.6 Å². The molecule has 0 unspecified atom stereocenters. The first-order chi connectivity index (χ1) is 6.67. The SMILES string of the molecule is COc1ccc(/C=C(/C)CBr)cc1F. The summed E-state index contributed by atoms with van der Waals surface area (Å²) in [4.78, 5) is 0. The molecule has 0 spiro atoms. The molecule has 0 saturated heterocycles. The molecule has 0 heterocycles. The van der Waals surface area contributed by atoms with Crippen molar-refractivity contribution in [2.24, 2.45) is 0 Å². The van der Waals surface area contributed by atoms with Crippen LogP contribution in [0.3, 0.4) is 0 Å². The van der Waals surface area contributed by atoms with Gasteiger partial charge in [-0.2, -0.15) is 0 Å². The van der Waals surface area contributed by atoms with Gasteiger partial charge in [0, 0.05) is 5.33 Å². The minimum Gasteiger partial charge on any atom is -0.494 e. The summed E-state index contributed by atoms with van der Waals surface area (Å²) in [6, 6.07) is 4.92. The fraction of sp³-hybridized carbons (Fsp3) is 0.273. The molecule has 0 aliphatic heterocycles. The summed E-state index contributed by atoms with van der Waals surface area (Å²) in [6.45, 7) is 1.98. The highest BCUT2D eigenvalue weighted by molar-refractivity contribution is 9.09. The Kier molecular flexibility index (Phi) is 4.14. The van der Waals surface area contributed by atoms with Gasteiger partial charge in [-0.3, -0.25) is 0 Å². The number of hydrogen-bond donors (Lipinski definition) is 0. The second kappa shape index (κ2) is 5.15. The molecule has 0 N–H and O–H groups in total. The Hall–Kier alpha value is -0.830. The van der Waals surface area contributed by atoms with Gasteiger partial charge in [-0.1, -0.05) is 33.6 Å². The zero-order valence-corrected chi connectivity index (χ0v) is 9.77. The third kappa shape index (κ3) is 2.84. The van der Waals surface area contributed by atoms with Crippen molar-refractivity contribution in [1.82, 2.24) is 0 Å². The number of rotatable bonds is 3. The Balaban J connectivity index is 2.97. The van der Waals surface area contributed by atoms with Crippen molar-refractivity contribution in [3.63, 3.8) is 0 Å². The molecule has 0 fully saturated rings. The summed E-state index contributed by atoms with van der Waals surface area (Å²) in [5, 5.41) is 0.792. The lowest BCUT2D eigenvalue weighted by Gasteiger charge is -2.02. The van der Waals surface area contributed by atoms with Crippen LogP contribution in [0.25, 0.3) is 6.08 Å². The van der Waals surface area contributed by atoms with Crippen LogP contribution in [-0.2, 0) is 0 Å². The molecule has 0 aliphatic rings. The number of allylic oxidation sites excluding steroid dienone is 1. The van der Waals surface area contributed by atoms with Crippen molar-refractivity contribution in [2.75, 3.05) is 12.4 Å². The lowest BCUT2D eigenvalue weighted by Crippen LogP contribution is -1.88. The van der Waals surface area contributed by atoms with Crippen LogP contribution >= 0.6 is 15.9 Å². The van der Waals surface area contributed by atoms with Crippen molar-refractivity contribution in [3.8, 4) is 5.75 Å². The second-order valence-electron chi connectivity index (χ2n) is 3.02. The summed E-state index contributed by atoms with van der Waals surface area (Å²) >= 11 is 3.33. The number of methoxy groups -OCH3 is 1. The maximum Gasteiger partial charge on any atom is 0.165 e. The van der Waals surface area contributed by atoms with Crippen LogP contribution in [0.4, 0.5) is 4.39 Å². The molecule has 1 nitrogen and oxygen atoms in total. The number of halogens is 2. The Morgan fingerprint density at radius 1 is 1.57 bits per heavy atom. The van der Waals surface area contributed by atoms with Crippen LogP contribution < -0.4 is 4.74 Å². The molecule has 14 heavy (non-hydrogen) atoms. The zero-order chi connectivity index (χ0) is 10.6. The maximum atomic E-state index is 13.2. The summed E-state index contributed by atoms with van der Waals surface area (Å²) < 4.78 is 18.1. The van der Waals surface area contributed by atoms with Crippen LogP contribution in [0.5, 0.6) is 5.75 Å². The van der Waals surface area contributed by atoms with Crippen LogP contribution in [0, 0.1) is 5.82 Å². The summed E-state index contributed by atoms with van der Waals surface area (Å²) in [7, 11) is 1.46. The highest BCUT2D eigenvalue weighted by Crippen LogP contribution is 2.19.